The van der Waals surface area contributed by atoms with E-state index in [1.807, 2.05) is 6.07 Å². The summed E-state index contributed by atoms with van der Waals surface area (Å²) >= 11 is 0. The van der Waals surface area contributed by atoms with Crippen LogP contribution in [0.15, 0.2) is 30.3 Å². The first-order chi connectivity index (χ1) is 10.6. The molecule has 23 heavy (non-hydrogen) atoms. The molecule has 5 heteroatoms. The predicted molar refractivity (Wildman–Crippen MR) is 103 cm³/mol. The van der Waals surface area contributed by atoms with Crippen molar-refractivity contribution in [2.45, 2.75) is 71.1 Å². The fourth-order valence-corrected chi connectivity index (χ4v) is 3.48. The Morgan fingerprint density at radius 2 is 1.26 bits per heavy atom. The molecule has 0 aromatic heterocycles. The molecule has 132 valence electrons. The highest BCUT2D eigenvalue weighted by Crippen LogP contribution is 2.14. The maximum Gasteiger partial charge on any atom is 0.309 e. The molecule has 3 nitrogen and oxygen atoms in total. The summed E-state index contributed by atoms with van der Waals surface area (Å²) in [5.74, 6) is 0.507. The quantitative estimate of drug-likeness (QED) is 0.303. The standard InChI is InChI=1S/C18H30O3S.Al.3H/c1-2-3-4-5-6-7-8-9-10-14-17-22(19,20)21-18-15-12-11-13-16-18;;;;/h11-13,15-16H,2-10,14,17H2,1H3;;;;. The zero-order valence-corrected chi connectivity index (χ0v) is 14.6. The van der Waals surface area contributed by atoms with Crippen molar-refractivity contribution in [3.8, 4) is 5.75 Å². The molecule has 0 N–H and O–H groups in total. The molecule has 1 rings (SSSR count). The van der Waals surface area contributed by atoms with Crippen LogP contribution in [0.4, 0.5) is 0 Å². The first-order valence-corrected chi connectivity index (χ1v) is 10.2. The van der Waals surface area contributed by atoms with Gasteiger partial charge in [0.1, 0.15) is 5.75 Å². The summed E-state index contributed by atoms with van der Waals surface area (Å²) in [6.45, 7) is 2.23. The molecule has 0 aliphatic carbocycles. The van der Waals surface area contributed by atoms with Gasteiger partial charge in [0.2, 0.25) is 0 Å². The topological polar surface area (TPSA) is 43.4 Å². The van der Waals surface area contributed by atoms with Gasteiger partial charge in [0.25, 0.3) is 0 Å². The summed E-state index contributed by atoms with van der Waals surface area (Å²) in [6, 6.07) is 8.70. The number of rotatable bonds is 13. The van der Waals surface area contributed by atoms with E-state index in [4.69, 9.17) is 4.18 Å². The van der Waals surface area contributed by atoms with Gasteiger partial charge in [-0.3, -0.25) is 0 Å². The third kappa shape index (κ3) is 12.6. The van der Waals surface area contributed by atoms with Crippen molar-refractivity contribution in [1.29, 1.82) is 0 Å². The van der Waals surface area contributed by atoms with Gasteiger partial charge in [-0.15, -0.1) is 0 Å². The summed E-state index contributed by atoms with van der Waals surface area (Å²) in [7, 11) is -3.44. The number of hydrogen-bond acceptors (Lipinski definition) is 3. The van der Waals surface area contributed by atoms with Gasteiger partial charge in [0.15, 0.2) is 17.4 Å². The first-order valence-electron chi connectivity index (χ1n) is 8.61. The van der Waals surface area contributed by atoms with E-state index in [0.29, 0.717) is 12.2 Å². The molecule has 0 radical (unpaired) electrons. The fraction of sp³-hybridized carbons (Fsp3) is 0.667. The van der Waals surface area contributed by atoms with E-state index < -0.39 is 10.1 Å². The number of unbranched alkanes of at least 4 members (excludes halogenated alkanes) is 9. The van der Waals surface area contributed by atoms with Crippen LogP contribution in [0.1, 0.15) is 71.1 Å². The van der Waals surface area contributed by atoms with Crippen molar-refractivity contribution in [3.05, 3.63) is 30.3 Å². The van der Waals surface area contributed by atoms with E-state index in [0.717, 1.165) is 12.8 Å². The maximum atomic E-state index is 11.8. The molecule has 0 bridgehead atoms. The van der Waals surface area contributed by atoms with Gasteiger partial charge in [0.05, 0.1) is 5.75 Å². The van der Waals surface area contributed by atoms with Gasteiger partial charge in [-0.05, 0) is 18.6 Å². The van der Waals surface area contributed by atoms with E-state index >= 15 is 0 Å². The second-order valence-corrected chi connectivity index (χ2v) is 7.53. The third-order valence-corrected chi connectivity index (χ3v) is 4.95. The van der Waals surface area contributed by atoms with Gasteiger partial charge >= 0.3 is 10.1 Å². The third-order valence-electron chi connectivity index (χ3n) is 3.71. The molecule has 0 unspecified atom stereocenters. The van der Waals surface area contributed by atoms with E-state index in [9.17, 15) is 8.42 Å². The molecule has 0 aliphatic rings. The minimum atomic E-state index is -3.44. The second-order valence-electron chi connectivity index (χ2n) is 5.84. The summed E-state index contributed by atoms with van der Waals surface area (Å²) in [4.78, 5) is 0. The Morgan fingerprint density at radius 3 is 1.78 bits per heavy atom. The van der Waals surface area contributed by atoms with Crippen LogP contribution in [-0.4, -0.2) is 31.5 Å². The molecule has 0 saturated heterocycles. The molecule has 0 aliphatic heterocycles. The zero-order chi connectivity index (χ0) is 16.1. The molecular formula is C18H33AlO3S. The Hall–Kier alpha value is -0.498. The van der Waals surface area contributed by atoms with E-state index in [1.165, 1.54) is 44.9 Å². The highest BCUT2D eigenvalue weighted by Gasteiger charge is 2.11. The summed E-state index contributed by atoms with van der Waals surface area (Å²) in [6.07, 6.45) is 11.9. The van der Waals surface area contributed by atoms with Crippen LogP contribution in [0.2, 0.25) is 0 Å². The minimum Gasteiger partial charge on any atom is -0.382 e. The van der Waals surface area contributed by atoms with Crippen molar-refractivity contribution >= 4 is 27.5 Å². The highest BCUT2D eigenvalue weighted by atomic mass is 32.2. The zero-order valence-electron chi connectivity index (χ0n) is 13.8. The fourth-order valence-electron chi connectivity index (χ4n) is 2.43. The summed E-state index contributed by atoms with van der Waals surface area (Å²) in [5, 5.41) is 0. The number of benzene rings is 1. The molecule has 0 fully saturated rings. The molecule has 0 atom stereocenters. The lowest BCUT2D eigenvalue weighted by Crippen LogP contribution is -2.13. The van der Waals surface area contributed by atoms with Crippen LogP contribution in [0.3, 0.4) is 0 Å². The Balaban J connectivity index is 0.00000484. The van der Waals surface area contributed by atoms with Gasteiger partial charge in [0, 0.05) is 0 Å². The second kappa shape index (κ2) is 13.9. The minimum absolute atomic E-state index is 0. The van der Waals surface area contributed by atoms with Crippen molar-refractivity contribution < 1.29 is 12.6 Å². The van der Waals surface area contributed by atoms with Gasteiger partial charge in [-0.1, -0.05) is 82.9 Å². The maximum absolute atomic E-state index is 11.8. The Kier molecular flexibility index (Phi) is 13.6. The van der Waals surface area contributed by atoms with Crippen molar-refractivity contribution in [2.24, 2.45) is 0 Å². The molecule has 0 saturated carbocycles. The van der Waals surface area contributed by atoms with Gasteiger partial charge in [-0.25, -0.2) is 0 Å². The normalized spacial score (nSPS) is 11.0. The summed E-state index contributed by atoms with van der Waals surface area (Å²) < 4.78 is 28.7. The van der Waals surface area contributed by atoms with Crippen LogP contribution in [0.5, 0.6) is 5.75 Å². The molecule has 0 heterocycles. The molecule has 0 amide bonds. The lowest BCUT2D eigenvalue weighted by atomic mass is 10.1. The lowest BCUT2D eigenvalue weighted by Gasteiger charge is -2.06. The van der Waals surface area contributed by atoms with Crippen LogP contribution >= 0.6 is 0 Å². The largest absolute Gasteiger partial charge is 0.382 e. The SMILES string of the molecule is CCCCCCCCCCCCS(=O)(=O)Oc1ccccc1.[AlH3]. The molecular weight excluding hydrogens is 323 g/mol. The average Bonchev–Trinajstić information content (AvgIpc) is 2.49. The smallest absolute Gasteiger partial charge is 0.309 e. The predicted octanol–water partition coefficient (Wildman–Crippen LogP) is 4.13. The Morgan fingerprint density at radius 1 is 0.783 bits per heavy atom. The van der Waals surface area contributed by atoms with Crippen LogP contribution < -0.4 is 4.18 Å². The number of para-hydroxylation sites is 1. The monoisotopic (exact) mass is 356 g/mol. The molecule has 0 spiro atoms. The van der Waals surface area contributed by atoms with Gasteiger partial charge < -0.3 is 4.18 Å². The van der Waals surface area contributed by atoms with Crippen LogP contribution in [-0.2, 0) is 10.1 Å². The Bertz CT molecular complexity index is 474. The number of hydrogen-bond donors (Lipinski definition) is 0. The van der Waals surface area contributed by atoms with Crippen molar-refractivity contribution in [3.63, 3.8) is 0 Å². The van der Waals surface area contributed by atoms with E-state index in [2.05, 4.69) is 6.92 Å². The van der Waals surface area contributed by atoms with Crippen molar-refractivity contribution in [2.75, 3.05) is 5.75 Å². The first kappa shape index (κ1) is 22.5. The Labute approximate surface area is 153 Å². The summed E-state index contributed by atoms with van der Waals surface area (Å²) in [5.41, 5.74) is 0. The van der Waals surface area contributed by atoms with Crippen molar-refractivity contribution in [1.82, 2.24) is 0 Å². The van der Waals surface area contributed by atoms with Crippen LogP contribution in [0, 0.1) is 0 Å². The molecule has 1 aromatic carbocycles. The van der Waals surface area contributed by atoms with Gasteiger partial charge in [-0.2, -0.15) is 8.42 Å². The van der Waals surface area contributed by atoms with E-state index in [-0.39, 0.29) is 23.1 Å². The lowest BCUT2D eigenvalue weighted by molar-refractivity contribution is 0.481. The molecule has 1 aromatic rings. The van der Waals surface area contributed by atoms with E-state index in [1.54, 1.807) is 24.3 Å². The van der Waals surface area contributed by atoms with Crippen LogP contribution in [0.25, 0.3) is 0 Å². The highest BCUT2D eigenvalue weighted by molar-refractivity contribution is 7.87. The average molecular weight is 357 g/mol.